The Morgan fingerprint density at radius 3 is 2.58 bits per heavy atom. The first kappa shape index (κ1) is 18.5. The molecule has 0 aliphatic heterocycles. The van der Waals surface area contributed by atoms with Crippen molar-refractivity contribution in [3.8, 4) is 0 Å². The quantitative estimate of drug-likeness (QED) is 0.819. The van der Waals surface area contributed by atoms with Gasteiger partial charge in [-0.25, -0.2) is 8.42 Å². The molecule has 0 bridgehead atoms. The molecule has 5 nitrogen and oxygen atoms in total. The van der Waals surface area contributed by atoms with Gasteiger partial charge in [0.15, 0.2) is 0 Å². The van der Waals surface area contributed by atoms with Crippen LogP contribution >= 0.6 is 11.3 Å². The summed E-state index contributed by atoms with van der Waals surface area (Å²) in [7, 11) is -3.42. The van der Waals surface area contributed by atoms with E-state index in [1.165, 1.54) is 21.9 Å². The molecule has 0 saturated heterocycles. The van der Waals surface area contributed by atoms with Gasteiger partial charge >= 0.3 is 0 Å². The second-order valence-electron chi connectivity index (χ2n) is 5.73. The van der Waals surface area contributed by atoms with Gasteiger partial charge in [-0.2, -0.15) is 0 Å². The zero-order valence-corrected chi connectivity index (χ0v) is 15.7. The lowest BCUT2D eigenvalue weighted by Crippen LogP contribution is -2.38. The van der Waals surface area contributed by atoms with E-state index in [1.54, 1.807) is 6.07 Å². The molecule has 130 valence electrons. The molecule has 2 aromatic rings. The Labute approximate surface area is 147 Å². The highest BCUT2D eigenvalue weighted by Gasteiger charge is 2.19. The Bertz CT molecular complexity index is 799. The van der Waals surface area contributed by atoms with Crippen LogP contribution in [-0.2, 0) is 21.2 Å². The highest BCUT2D eigenvalue weighted by atomic mass is 32.2. The Balaban J connectivity index is 2.01. The van der Waals surface area contributed by atoms with Crippen LogP contribution in [-0.4, -0.2) is 33.7 Å². The molecule has 1 aromatic carbocycles. The van der Waals surface area contributed by atoms with Gasteiger partial charge in [0.25, 0.3) is 0 Å². The number of amides is 1. The minimum absolute atomic E-state index is 0.105. The average molecular weight is 367 g/mol. The van der Waals surface area contributed by atoms with Crippen molar-refractivity contribution in [3.63, 3.8) is 0 Å². The number of carbonyl (C=O) groups is 1. The molecule has 0 aliphatic carbocycles. The van der Waals surface area contributed by atoms with Gasteiger partial charge in [0.2, 0.25) is 15.9 Å². The number of hydrogen-bond donors (Lipinski definition) is 1. The highest BCUT2D eigenvalue weighted by molar-refractivity contribution is 7.92. The van der Waals surface area contributed by atoms with E-state index in [0.717, 1.165) is 16.0 Å². The van der Waals surface area contributed by atoms with Crippen molar-refractivity contribution in [3.05, 3.63) is 51.7 Å². The summed E-state index contributed by atoms with van der Waals surface area (Å²) in [5.74, 6) is -0.105. The van der Waals surface area contributed by atoms with Crippen molar-refractivity contribution in [2.45, 2.75) is 20.3 Å². The normalized spacial score (nSPS) is 11.3. The standard InChI is InChI=1S/C17H22N2O3S2/c1-13-6-7-16(14(2)11-13)19(24(3,21)22)9-8-18-17(20)12-15-5-4-10-23-15/h4-7,10-11H,8-9,12H2,1-3H3,(H,18,20). The fourth-order valence-electron chi connectivity index (χ4n) is 2.48. The Morgan fingerprint density at radius 2 is 2.00 bits per heavy atom. The second kappa shape index (κ2) is 7.81. The lowest BCUT2D eigenvalue weighted by molar-refractivity contribution is -0.120. The molecule has 0 spiro atoms. The van der Waals surface area contributed by atoms with Crippen LogP contribution in [0, 0.1) is 13.8 Å². The molecule has 7 heteroatoms. The predicted octanol–water partition coefficient (Wildman–Crippen LogP) is 2.49. The van der Waals surface area contributed by atoms with E-state index in [2.05, 4.69) is 5.32 Å². The van der Waals surface area contributed by atoms with Crippen molar-refractivity contribution in [1.82, 2.24) is 5.32 Å². The van der Waals surface area contributed by atoms with E-state index in [9.17, 15) is 13.2 Å². The highest BCUT2D eigenvalue weighted by Crippen LogP contribution is 2.23. The van der Waals surface area contributed by atoms with Gasteiger partial charge in [0, 0.05) is 11.4 Å². The van der Waals surface area contributed by atoms with E-state index in [4.69, 9.17) is 0 Å². The number of hydrogen-bond acceptors (Lipinski definition) is 4. The molecule has 1 amide bonds. The third-order valence-electron chi connectivity index (χ3n) is 3.57. The Kier molecular flexibility index (Phi) is 6.01. The molecule has 0 fully saturated rings. The van der Waals surface area contributed by atoms with Gasteiger partial charge in [-0.05, 0) is 36.9 Å². The first-order valence-corrected chi connectivity index (χ1v) is 10.3. The van der Waals surface area contributed by atoms with Crippen LogP contribution in [0.5, 0.6) is 0 Å². The van der Waals surface area contributed by atoms with Gasteiger partial charge in [-0.15, -0.1) is 11.3 Å². The second-order valence-corrected chi connectivity index (χ2v) is 8.67. The summed E-state index contributed by atoms with van der Waals surface area (Å²) in [5.41, 5.74) is 2.62. The summed E-state index contributed by atoms with van der Waals surface area (Å²) in [6.07, 6.45) is 1.50. The summed E-state index contributed by atoms with van der Waals surface area (Å²) in [6.45, 7) is 4.33. The molecule has 0 radical (unpaired) electrons. The Hall–Kier alpha value is -1.86. The van der Waals surface area contributed by atoms with Crippen LogP contribution in [0.25, 0.3) is 0 Å². The number of sulfonamides is 1. The third-order valence-corrected chi connectivity index (χ3v) is 5.63. The van der Waals surface area contributed by atoms with E-state index in [1.807, 2.05) is 43.5 Å². The molecule has 1 aromatic heterocycles. The maximum absolute atomic E-state index is 12.1. The number of nitrogens with zero attached hydrogens (tertiary/aromatic N) is 1. The zero-order chi connectivity index (χ0) is 17.7. The minimum Gasteiger partial charge on any atom is -0.354 e. The molecular weight excluding hydrogens is 344 g/mol. The van der Waals surface area contributed by atoms with Crippen LogP contribution in [0.15, 0.2) is 35.7 Å². The molecule has 0 saturated carbocycles. The lowest BCUT2D eigenvalue weighted by Gasteiger charge is -2.24. The van der Waals surface area contributed by atoms with Crippen LogP contribution in [0.4, 0.5) is 5.69 Å². The lowest BCUT2D eigenvalue weighted by atomic mass is 10.1. The van der Waals surface area contributed by atoms with Gasteiger partial charge < -0.3 is 5.32 Å². The number of aryl methyl sites for hydroxylation is 2. The van der Waals surface area contributed by atoms with Crippen molar-refractivity contribution in [2.24, 2.45) is 0 Å². The molecule has 24 heavy (non-hydrogen) atoms. The fourth-order valence-corrected chi connectivity index (χ4v) is 4.17. The number of nitrogens with one attached hydrogen (secondary N) is 1. The molecule has 1 heterocycles. The van der Waals surface area contributed by atoms with E-state index >= 15 is 0 Å². The first-order valence-electron chi connectivity index (χ1n) is 7.61. The summed E-state index contributed by atoms with van der Waals surface area (Å²) in [4.78, 5) is 12.9. The van der Waals surface area contributed by atoms with Gasteiger partial charge in [-0.3, -0.25) is 9.10 Å². The summed E-state index contributed by atoms with van der Waals surface area (Å²) in [6, 6.07) is 9.44. The van der Waals surface area contributed by atoms with E-state index in [-0.39, 0.29) is 19.0 Å². The summed E-state index contributed by atoms with van der Waals surface area (Å²) in [5, 5.41) is 4.71. The van der Waals surface area contributed by atoms with Gasteiger partial charge in [0.05, 0.1) is 24.9 Å². The smallest absolute Gasteiger partial charge is 0.232 e. The summed E-state index contributed by atoms with van der Waals surface area (Å²) < 4.78 is 25.6. The molecular formula is C17H22N2O3S2. The molecule has 0 atom stereocenters. The predicted molar refractivity (Wildman–Crippen MR) is 99.1 cm³/mol. The van der Waals surface area contributed by atoms with Crippen LogP contribution in [0.3, 0.4) is 0 Å². The molecule has 0 aliphatic rings. The minimum atomic E-state index is -3.42. The van der Waals surface area contributed by atoms with Crippen molar-refractivity contribution in [1.29, 1.82) is 0 Å². The largest absolute Gasteiger partial charge is 0.354 e. The maximum Gasteiger partial charge on any atom is 0.232 e. The maximum atomic E-state index is 12.1. The monoisotopic (exact) mass is 366 g/mol. The number of anilines is 1. The molecule has 0 unspecified atom stereocenters. The van der Waals surface area contributed by atoms with Crippen molar-refractivity contribution >= 4 is 33.0 Å². The zero-order valence-electron chi connectivity index (χ0n) is 14.1. The topological polar surface area (TPSA) is 66.5 Å². The van der Waals surface area contributed by atoms with Gasteiger partial charge in [0.1, 0.15) is 0 Å². The number of thiophene rings is 1. The van der Waals surface area contributed by atoms with Crippen LogP contribution < -0.4 is 9.62 Å². The molecule has 2 rings (SSSR count). The summed E-state index contributed by atoms with van der Waals surface area (Å²) >= 11 is 1.53. The fraction of sp³-hybridized carbons (Fsp3) is 0.353. The van der Waals surface area contributed by atoms with Crippen molar-refractivity contribution < 1.29 is 13.2 Å². The number of rotatable bonds is 7. The average Bonchev–Trinajstić information content (AvgIpc) is 2.96. The number of carbonyl (C=O) groups excluding carboxylic acids is 1. The SMILES string of the molecule is Cc1ccc(N(CCNC(=O)Cc2cccs2)S(C)(=O)=O)c(C)c1. The van der Waals surface area contributed by atoms with Crippen LogP contribution in [0.1, 0.15) is 16.0 Å². The molecule has 1 N–H and O–H groups in total. The van der Waals surface area contributed by atoms with E-state index in [0.29, 0.717) is 12.1 Å². The van der Waals surface area contributed by atoms with Crippen LogP contribution in [0.2, 0.25) is 0 Å². The third kappa shape index (κ3) is 5.07. The number of benzene rings is 1. The van der Waals surface area contributed by atoms with E-state index < -0.39 is 10.0 Å². The van der Waals surface area contributed by atoms with Crippen molar-refractivity contribution in [2.75, 3.05) is 23.7 Å². The van der Waals surface area contributed by atoms with Gasteiger partial charge in [-0.1, -0.05) is 23.8 Å². The first-order chi connectivity index (χ1) is 11.3. The Morgan fingerprint density at radius 1 is 1.25 bits per heavy atom.